The van der Waals surface area contributed by atoms with Gasteiger partial charge < -0.3 is 4.90 Å². The molecule has 0 fully saturated rings. The Labute approximate surface area is 362 Å². The molecule has 0 spiro atoms. The van der Waals surface area contributed by atoms with Gasteiger partial charge in [-0.15, -0.1) is 0 Å². The number of rotatable bonds is 7. The average Bonchev–Trinajstić information content (AvgIpc) is 3.66. The van der Waals surface area contributed by atoms with Crippen LogP contribution in [0.15, 0.2) is 249 Å². The normalized spacial score (nSPS) is 12.6. The van der Waals surface area contributed by atoms with Gasteiger partial charge in [-0.2, -0.15) is 0 Å². The Morgan fingerprint density at radius 2 is 0.823 bits per heavy atom. The van der Waals surface area contributed by atoms with Gasteiger partial charge in [0.25, 0.3) is 0 Å². The standard InChI is InChI=1S/C61H41N/c1-3-25-47(26-4-1)61(48-27-5-2-6-28-48)56-36-14-13-34-55(56)60-57(61)37-18-38-58(60)62(59-41-46-20-8-10-31-52(46)53-32-11-12-33-54(53)59)49-29-16-23-44(40-49)43-22-15-24-45(39-43)51-35-17-21-42-19-7-9-30-50(42)51/h1-41H. The van der Waals surface area contributed by atoms with Crippen LogP contribution < -0.4 is 4.90 Å². The fourth-order valence-corrected chi connectivity index (χ4v) is 10.5. The summed E-state index contributed by atoms with van der Waals surface area (Å²) in [5.74, 6) is 0. The highest BCUT2D eigenvalue weighted by Crippen LogP contribution is 2.60. The fraction of sp³-hybridized carbons (Fsp3) is 0.0164. The van der Waals surface area contributed by atoms with Gasteiger partial charge in [-0.3, -0.25) is 0 Å². The number of hydrogen-bond acceptors (Lipinski definition) is 1. The van der Waals surface area contributed by atoms with Gasteiger partial charge in [0.2, 0.25) is 0 Å². The third kappa shape index (κ3) is 5.56. The predicted molar refractivity (Wildman–Crippen MR) is 262 cm³/mol. The van der Waals surface area contributed by atoms with E-state index in [0.29, 0.717) is 0 Å². The van der Waals surface area contributed by atoms with E-state index in [1.165, 1.54) is 82.4 Å². The molecule has 0 saturated carbocycles. The Balaban J connectivity index is 1.13. The number of hydrogen-bond donors (Lipinski definition) is 0. The quantitative estimate of drug-likeness (QED) is 0.145. The molecule has 0 aliphatic heterocycles. The summed E-state index contributed by atoms with van der Waals surface area (Å²) in [4.78, 5) is 2.54. The molecule has 1 nitrogen and oxygen atoms in total. The summed E-state index contributed by atoms with van der Waals surface area (Å²) < 4.78 is 0. The number of anilines is 3. The van der Waals surface area contributed by atoms with Crippen molar-refractivity contribution in [3.05, 3.63) is 271 Å². The van der Waals surface area contributed by atoms with Crippen LogP contribution in [0.25, 0.3) is 65.7 Å². The largest absolute Gasteiger partial charge is 0.309 e. The molecule has 0 saturated heterocycles. The van der Waals surface area contributed by atoms with Crippen molar-refractivity contribution in [3.63, 3.8) is 0 Å². The molecule has 0 aromatic heterocycles. The van der Waals surface area contributed by atoms with Gasteiger partial charge in [-0.1, -0.05) is 218 Å². The van der Waals surface area contributed by atoms with E-state index in [2.05, 4.69) is 254 Å². The first kappa shape index (κ1) is 35.9. The predicted octanol–water partition coefficient (Wildman–Crippen LogP) is 16.3. The lowest BCUT2D eigenvalue weighted by Gasteiger charge is -2.34. The van der Waals surface area contributed by atoms with E-state index in [4.69, 9.17) is 0 Å². The van der Waals surface area contributed by atoms with Crippen molar-refractivity contribution >= 4 is 49.4 Å². The van der Waals surface area contributed by atoms with Crippen molar-refractivity contribution in [1.29, 1.82) is 0 Å². The molecule has 0 N–H and O–H groups in total. The van der Waals surface area contributed by atoms with E-state index in [9.17, 15) is 0 Å². The van der Waals surface area contributed by atoms with Crippen LogP contribution in [0.3, 0.4) is 0 Å². The van der Waals surface area contributed by atoms with Crippen LogP contribution in [-0.4, -0.2) is 0 Å². The Bertz CT molecular complexity index is 3430. The van der Waals surface area contributed by atoms with E-state index in [0.717, 1.165) is 22.6 Å². The molecule has 11 aromatic rings. The molecule has 0 bridgehead atoms. The van der Waals surface area contributed by atoms with Gasteiger partial charge in [0.1, 0.15) is 0 Å². The second kappa shape index (κ2) is 14.6. The second-order valence-corrected chi connectivity index (χ2v) is 16.4. The molecule has 0 radical (unpaired) electrons. The number of fused-ring (bicyclic) bond motifs is 7. The van der Waals surface area contributed by atoms with E-state index >= 15 is 0 Å². The first-order valence-corrected chi connectivity index (χ1v) is 21.5. The maximum Gasteiger partial charge on any atom is 0.0714 e. The van der Waals surface area contributed by atoms with Crippen LogP contribution in [-0.2, 0) is 5.41 Å². The highest BCUT2D eigenvalue weighted by molar-refractivity contribution is 6.15. The van der Waals surface area contributed by atoms with E-state index in [1.54, 1.807) is 0 Å². The third-order valence-corrected chi connectivity index (χ3v) is 13.1. The van der Waals surface area contributed by atoms with E-state index in [1.807, 2.05) is 0 Å². The molecule has 12 rings (SSSR count). The molecule has 0 amide bonds. The first-order chi connectivity index (χ1) is 30.8. The minimum Gasteiger partial charge on any atom is -0.309 e. The molecule has 1 heteroatoms. The molecule has 0 unspecified atom stereocenters. The van der Waals surface area contributed by atoms with Crippen molar-refractivity contribution < 1.29 is 0 Å². The molecular formula is C61H41N. The lowest BCUT2D eigenvalue weighted by atomic mass is 9.68. The summed E-state index contributed by atoms with van der Waals surface area (Å²) in [5.41, 5.74) is 15.2. The smallest absolute Gasteiger partial charge is 0.0714 e. The van der Waals surface area contributed by atoms with Gasteiger partial charge in [-0.05, 0) is 107 Å². The maximum atomic E-state index is 2.54. The number of nitrogens with zero attached hydrogens (tertiary/aromatic N) is 1. The lowest BCUT2D eigenvalue weighted by molar-refractivity contribution is 0.768. The molecule has 11 aromatic carbocycles. The highest BCUT2D eigenvalue weighted by Gasteiger charge is 2.47. The molecule has 290 valence electrons. The molecule has 1 aliphatic rings. The molecule has 0 atom stereocenters. The van der Waals surface area contributed by atoms with Crippen LogP contribution in [0.4, 0.5) is 17.1 Å². The summed E-state index contributed by atoms with van der Waals surface area (Å²) in [6, 6.07) is 91.7. The minimum absolute atomic E-state index is 0.522. The van der Waals surface area contributed by atoms with E-state index < -0.39 is 5.41 Å². The van der Waals surface area contributed by atoms with Crippen LogP contribution in [0.2, 0.25) is 0 Å². The molecule has 0 heterocycles. The summed E-state index contributed by atoms with van der Waals surface area (Å²) in [7, 11) is 0. The maximum absolute atomic E-state index is 2.54. The van der Waals surface area contributed by atoms with Crippen LogP contribution in [0.5, 0.6) is 0 Å². The molecule has 1 aliphatic carbocycles. The highest BCUT2D eigenvalue weighted by atomic mass is 15.1. The monoisotopic (exact) mass is 787 g/mol. The SMILES string of the molecule is c1ccc(C2(c3ccccc3)c3ccccc3-c3c(N(c4cccc(-c5cccc(-c6cccc7ccccc67)c5)c4)c4cc5ccccc5c5ccccc45)cccc32)cc1. The Hall–Kier alpha value is -8.00. The summed E-state index contributed by atoms with van der Waals surface area (Å²) in [5, 5.41) is 7.41. The van der Waals surface area contributed by atoms with Gasteiger partial charge in [-0.25, -0.2) is 0 Å². The Morgan fingerprint density at radius 1 is 0.290 bits per heavy atom. The zero-order chi connectivity index (χ0) is 41.0. The van der Waals surface area contributed by atoms with Crippen molar-refractivity contribution in [2.45, 2.75) is 5.41 Å². The van der Waals surface area contributed by atoms with E-state index in [-0.39, 0.29) is 0 Å². The zero-order valence-corrected chi connectivity index (χ0v) is 34.1. The zero-order valence-electron chi connectivity index (χ0n) is 34.1. The van der Waals surface area contributed by atoms with Crippen molar-refractivity contribution in [2.24, 2.45) is 0 Å². The Morgan fingerprint density at radius 3 is 1.61 bits per heavy atom. The van der Waals surface area contributed by atoms with Gasteiger partial charge in [0.05, 0.1) is 16.8 Å². The van der Waals surface area contributed by atoms with Gasteiger partial charge in [0.15, 0.2) is 0 Å². The Kier molecular flexibility index (Phi) is 8.47. The van der Waals surface area contributed by atoms with Crippen LogP contribution in [0, 0.1) is 0 Å². The number of benzene rings is 11. The summed E-state index contributed by atoms with van der Waals surface area (Å²) in [6.45, 7) is 0. The fourth-order valence-electron chi connectivity index (χ4n) is 10.5. The topological polar surface area (TPSA) is 3.24 Å². The molecular weight excluding hydrogens is 747 g/mol. The van der Waals surface area contributed by atoms with Gasteiger partial charge in [0, 0.05) is 16.6 Å². The minimum atomic E-state index is -0.522. The molecule has 62 heavy (non-hydrogen) atoms. The van der Waals surface area contributed by atoms with Crippen molar-refractivity contribution in [2.75, 3.05) is 4.90 Å². The summed E-state index contributed by atoms with van der Waals surface area (Å²) in [6.07, 6.45) is 0. The third-order valence-electron chi connectivity index (χ3n) is 13.1. The average molecular weight is 788 g/mol. The van der Waals surface area contributed by atoms with Crippen molar-refractivity contribution in [3.8, 4) is 33.4 Å². The second-order valence-electron chi connectivity index (χ2n) is 16.4. The summed E-state index contributed by atoms with van der Waals surface area (Å²) >= 11 is 0. The van der Waals surface area contributed by atoms with Crippen LogP contribution in [0.1, 0.15) is 22.3 Å². The van der Waals surface area contributed by atoms with Crippen LogP contribution >= 0.6 is 0 Å². The van der Waals surface area contributed by atoms with Crippen molar-refractivity contribution in [1.82, 2.24) is 0 Å². The van der Waals surface area contributed by atoms with Gasteiger partial charge >= 0.3 is 0 Å². The first-order valence-electron chi connectivity index (χ1n) is 21.5. The lowest BCUT2D eigenvalue weighted by Crippen LogP contribution is -2.28.